The van der Waals surface area contributed by atoms with Crippen molar-refractivity contribution >= 4 is 35.5 Å². The van der Waals surface area contributed by atoms with Crippen LogP contribution in [0.4, 0.5) is 0 Å². The minimum absolute atomic E-state index is 0.141. The van der Waals surface area contributed by atoms with Gasteiger partial charge in [-0.05, 0) is 17.7 Å². The molecule has 0 amide bonds. The molecular formula is C12H10O6S2-2. The van der Waals surface area contributed by atoms with Crippen LogP contribution in [0.25, 0.3) is 0 Å². The first-order chi connectivity index (χ1) is 9.56. The first-order valence-electron chi connectivity index (χ1n) is 5.58. The van der Waals surface area contributed by atoms with Crippen LogP contribution < -0.4 is 19.7 Å². The lowest BCUT2D eigenvalue weighted by Crippen LogP contribution is -2.26. The van der Waals surface area contributed by atoms with E-state index in [0.717, 1.165) is 29.1 Å². The highest BCUT2D eigenvalue weighted by molar-refractivity contribution is 8.16. The number of carboxylic acid groups (broad SMARTS) is 2. The van der Waals surface area contributed by atoms with Gasteiger partial charge in [0.1, 0.15) is 0 Å². The Morgan fingerprint density at radius 2 is 1.70 bits per heavy atom. The molecule has 0 bridgehead atoms. The monoisotopic (exact) mass is 314 g/mol. The van der Waals surface area contributed by atoms with E-state index in [1.165, 1.54) is 0 Å². The van der Waals surface area contributed by atoms with Crippen LogP contribution >= 0.6 is 23.5 Å². The molecule has 2 rings (SSSR count). The zero-order valence-electron chi connectivity index (χ0n) is 10.2. The lowest BCUT2D eigenvalue weighted by Gasteiger charge is -2.17. The Morgan fingerprint density at radius 1 is 1.10 bits per heavy atom. The highest BCUT2D eigenvalue weighted by atomic mass is 32.2. The lowest BCUT2D eigenvalue weighted by atomic mass is 10.2. The van der Waals surface area contributed by atoms with Crippen molar-refractivity contribution in [1.29, 1.82) is 0 Å². The third-order valence-corrected chi connectivity index (χ3v) is 5.14. The van der Waals surface area contributed by atoms with E-state index in [1.807, 2.05) is 0 Å². The Bertz CT molecular complexity index is 501. The number of thioether (sulfide) groups is 2. The van der Waals surface area contributed by atoms with E-state index in [9.17, 15) is 19.8 Å². The van der Waals surface area contributed by atoms with Gasteiger partial charge in [0.2, 0.25) is 6.79 Å². The number of hydrogen-bond donors (Lipinski definition) is 0. The molecule has 0 saturated carbocycles. The number of carboxylic acids is 2. The average Bonchev–Trinajstić information content (AvgIpc) is 2.85. The van der Waals surface area contributed by atoms with E-state index in [2.05, 4.69) is 0 Å². The molecule has 0 atom stereocenters. The topological polar surface area (TPSA) is 98.7 Å². The van der Waals surface area contributed by atoms with Crippen LogP contribution in [-0.2, 0) is 9.59 Å². The standard InChI is InChI=1S/C12H12O6S2/c13-10(14)4-19-12(20-5-11(15)16)7-1-2-8-9(3-7)18-6-17-8/h1-3,12H,4-6H2,(H,13,14)(H,15,16)/p-2. The lowest BCUT2D eigenvalue weighted by molar-refractivity contribution is -0.302. The quantitative estimate of drug-likeness (QED) is 0.614. The zero-order chi connectivity index (χ0) is 14.5. The SMILES string of the molecule is O=C([O-])CSC(SCC(=O)[O-])c1ccc2c(c1)OCO2. The summed E-state index contributed by atoms with van der Waals surface area (Å²) in [6.07, 6.45) is 0. The van der Waals surface area contributed by atoms with Crippen LogP contribution in [-0.4, -0.2) is 30.2 Å². The van der Waals surface area contributed by atoms with Gasteiger partial charge in [0.25, 0.3) is 0 Å². The maximum absolute atomic E-state index is 10.5. The number of rotatable bonds is 7. The fourth-order valence-electron chi connectivity index (χ4n) is 1.59. The van der Waals surface area contributed by atoms with E-state index >= 15 is 0 Å². The molecule has 1 aromatic carbocycles. The molecule has 6 nitrogen and oxygen atoms in total. The Morgan fingerprint density at radius 3 is 2.30 bits per heavy atom. The molecule has 1 aromatic rings. The molecule has 1 heterocycles. The van der Waals surface area contributed by atoms with E-state index in [-0.39, 0.29) is 22.9 Å². The normalized spacial score (nSPS) is 12.7. The molecule has 0 N–H and O–H groups in total. The van der Waals surface area contributed by atoms with Gasteiger partial charge in [-0.2, -0.15) is 0 Å². The smallest absolute Gasteiger partial charge is 0.231 e. The maximum Gasteiger partial charge on any atom is 0.231 e. The molecule has 0 spiro atoms. The van der Waals surface area contributed by atoms with Crippen molar-refractivity contribution in [2.75, 3.05) is 18.3 Å². The van der Waals surface area contributed by atoms with Crippen LogP contribution in [0.3, 0.4) is 0 Å². The van der Waals surface area contributed by atoms with Crippen molar-refractivity contribution in [1.82, 2.24) is 0 Å². The Labute approximate surface area is 123 Å². The Hall–Kier alpha value is -1.54. The second kappa shape index (κ2) is 6.76. The fraction of sp³-hybridized carbons (Fsp3) is 0.333. The van der Waals surface area contributed by atoms with Crippen molar-refractivity contribution in [2.45, 2.75) is 4.58 Å². The predicted octanol–water partition coefficient (Wildman–Crippen LogP) is -0.620. The highest BCUT2D eigenvalue weighted by Crippen LogP contribution is 2.43. The number of hydrogen-bond acceptors (Lipinski definition) is 8. The van der Waals surface area contributed by atoms with Gasteiger partial charge in [-0.1, -0.05) is 6.07 Å². The Balaban J connectivity index is 2.11. The van der Waals surface area contributed by atoms with Crippen molar-refractivity contribution < 1.29 is 29.3 Å². The van der Waals surface area contributed by atoms with Crippen molar-refractivity contribution in [3.63, 3.8) is 0 Å². The summed E-state index contributed by atoms with van der Waals surface area (Å²) in [4.78, 5) is 21.1. The van der Waals surface area contributed by atoms with E-state index in [4.69, 9.17) is 9.47 Å². The minimum atomic E-state index is -1.20. The number of aliphatic carboxylic acids is 2. The number of benzene rings is 1. The summed E-state index contributed by atoms with van der Waals surface area (Å²) in [5, 5.41) is 21.1. The van der Waals surface area contributed by atoms with E-state index in [0.29, 0.717) is 11.5 Å². The Kier molecular flexibility index (Phi) is 5.02. The summed E-state index contributed by atoms with van der Waals surface area (Å²) >= 11 is 2.17. The van der Waals surface area contributed by atoms with Crippen molar-refractivity contribution in [2.24, 2.45) is 0 Å². The first-order valence-corrected chi connectivity index (χ1v) is 7.68. The fourth-order valence-corrected chi connectivity index (χ4v) is 3.63. The third kappa shape index (κ3) is 3.97. The molecule has 0 aromatic heterocycles. The minimum Gasteiger partial charge on any atom is -0.549 e. The van der Waals surface area contributed by atoms with Gasteiger partial charge in [-0.3, -0.25) is 0 Å². The van der Waals surface area contributed by atoms with Crippen LogP contribution in [0.15, 0.2) is 18.2 Å². The number of carbonyl (C=O) groups excluding carboxylic acids is 2. The molecule has 8 heteroatoms. The summed E-state index contributed by atoms with van der Waals surface area (Å²) in [5.41, 5.74) is 0.756. The van der Waals surface area contributed by atoms with Gasteiger partial charge in [-0.15, -0.1) is 23.5 Å². The van der Waals surface area contributed by atoms with Gasteiger partial charge in [0, 0.05) is 11.5 Å². The number of carbonyl (C=O) groups is 2. The molecule has 108 valence electrons. The molecular weight excluding hydrogens is 304 g/mol. The van der Waals surface area contributed by atoms with Crippen molar-refractivity contribution in [3.8, 4) is 11.5 Å². The van der Waals surface area contributed by atoms with Crippen LogP contribution in [0.5, 0.6) is 11.5 Å². The van der Waals surface area contributed by atoms with E-state index < -0.39 is 11.9 Å². The molecule has 0 aliphatic carbocycles. The zero-order valence-corrected chi connectivity index (χ0v) is 11.8. The summed E-state index contributed by atoms with van der Waals surface area (Å²) in [5.74, 6) is -1.67. The van der Waals surface area contributed by atoms with E-state index in [1.54, 1.807) is 18.2 Å². The van der Waals surface area contributed by atoms with Gasteiger partial charge in [0.15, 0.2) is 11.5 Å². The molecule has 0 unspecified atom stereocenters. The average molecular weight is 314 g/mol. The number of ether oxygens (including phenoxy) is 2. The maximum atomic E-state index is 10.5. The summed E-state index contributed by atoms with van der Waals surface area (Å²) in [6.45, 7) is 0.141. The molecule has 0 radical (unpaired) electrons. The molecule has 1 aliphatic rings. The molecule has 20 heavy (non-hydrogen) atoms. The summed E-state index contributed by atoms with van der Waals surface area (Å²) in [7, 11) is 0. The second-order valence-electron chi connectivity index (χ2n) is 3.81. The van der Waals surface area contributed by atoms with Crippen LogP contribution in [0, 0.1) is 0 Å². The third-order valence-electron chi connectivity index (χ3n) is 2.37. The summed E-state index contributed by atoms with van der Waals surface area (Å²) in [6, 6.07) is 5.18. The predicted molar refractivity (Wildman–Crippen MR) is 70.2 cm³/mol. The van der Waals surface area contributed by atoms with Crippen molar-refractivity contribution in [3.05, 3.63) is 23.8 Å². The van der Waals surface area contributed by atoms with Crippen LogP contribution in [0.2, 0.25) is 0 Å². The highest BCUT2D eigenvalue weighted by Gasteiger charge is 2.18. The summed E-state index contributed by atoms with van der Waals surface area (Å²) < 4.78 is 10.1. The van der Waals surface area contributed by atoms with Gasteiger partial charge in [0.05, 0.1) is 16.5 Å². The molecule has 1 aliphatic heterocycles. The van der Waals surface area contributed by atoms with Gasteiger partial charge in [-0.25, -0.2) is 0 Å². The second-order valence-corrected chi connectivity index (χ2v) is 6.30. The largest absolute Gasteiger partial charge is 0.549 e. The van der Waals surface area contributed by atoms with Crippen LogP contribution in [0.1, 0.15) is 10.1 Å². The van der Waals surface area contributed by atoms with Gasteiger partial charge >= 0.3 is 0 Å². The molecule has 0 fully saturated rings. The number of fused-ring (bicyclic) bond motifs is 1. The first kappa shape index (κ1) is 14.9. The molecule has 0 saturated heterocycles. The van der Waals surface area contributed by atoms with Gasteiger partial charge < -0.3 is 29.3 Å².